The SMILES string of the molecule is CCCC1CCC(CN)C(c2cc(C)c(OC)cc2C)C1. The number of methoxy groups -OCH3 is 1. The number of ether oxygens (including phenoxy) is 1. The van der Waals surface area contributed by atoms with Crippen molar-refractivity contribution in [2.45, 2.75) is 58.8 Å². The summed E-state index contributed by atoms with van der Waals surface area (Å²) in [4.78, 5) is 0. The van der Waals surface area contributed by atoms with Crippen molar-refractivity contribution >= 4 is 0 Å². The molecule has 0 radical (unpaired) electrons. The molecule has 0 heterocycles. The molecule has 21 heavy (non-hydrogen) atoms. The van der Waals surface area contributed by atoms with Crippen molar-refractivity contribution in [2.24, 2.45) is 17.6 Å². The maximum absolute atomic E-state index is 6.07. The molecule has 1 aromatic carbocycles. The van der Waals surface area contributed by atoms with Crippen LogP contribution in [-0.4, -0.2) is 13.7 Å². The average molecular weight is 289 g/mol. The average Bonchev–Trinajstić information content (AvgIpc) is 2.49. The van der Waals surface area contributed by atoms with Crippen LogP contribution < -0.4 is 10.5 Å². The number of rotatable bonds is 5. The highest BCUT2D eigenvalue weighted by Gasteiger charge is 2.31. The van der Waals surface area contributed by atoms with Crippen LogP contribution in [-0.2, 0) is 0 Å². The summed E-state index contributed by atoms with van der Waals surface area (Å²) in [6, 6.07) is 4.54. The van der Waals surface area contributed by atoms with E-state index in [-0.39, 0.29) is 0 Å². The molecule has 1 saturated carbocycles. The second kappa shape index (κ2) is 7.31. The number of hydrogen-bond acceptors (Lipinski definition) is 2. The van der Waals surface area contributed by atoms with E-state index in [4.69, 9.17) is 10.5 Å². The molecule has 0 saturated heterocycles. The van der Waals surface area contributed by atoms with E-state index in [2.05, 4.69) is 32.9 Å². The summed E-state index contributed by atoms with van der Waals surface area (Å²) >= 11 is 0. The van der Waals surface area contributed by atoms with Gasteiger partial charge >= 0.3 is 0 Å². The monoisotopic (exact) mass is 289 g/mol. The molecule has 1 aliphatic rings. The predicted molar refractivity (Wildman–Crippen MR) is 90.0 cm³/mol. The van der Waals surface area contributed by atoms with E-state index in [1.807, 2.05) is 0 Å². The molecule has 3 unspecified atom stereocenters. The summed E-state index contributed by atoms with van der Waals surface area (Å²) < 4.78 is 5.46. The lowest BCUT2D eigenvalue weighted by Gasteiger charge is -2.37. The lowest BCUT2D eigenvalue weighted by molar-refractivity contribution is 0.229. The van der Waals surface area contributed by atoms with E-state index in [1.54, 1.807) is 7.11 Å². The van der Waals surface area contributed by atoms with Gasteiger partial charge in [-0.05, 0) is 73.7 Å². The minimum Gasteiger partial charge on any atom is -0.496 e. The highest BCUT2D eigenvalue weighted by atomic mass is 16.5. The number of benzene rings is 1. The van der Waals surface area contributed by atoms with Gasteiger partial charge in [0.05, 0.1) is 7.11 Å². The van der Waals surface area contributed by atoms with E-state index in [0.717, 1.165) is 18.2 Å². The van der Waals surface area contributed by atoms with Crippen LogP contribution in [0.1, 0.15) is 61.6 Å². The summed E-state index contributed by atoms with van der Waals surface area (Å²) in [5.74, 6) is 3.15. The lowest BCUT2D eigenvalue weighted by atomic mass is 9.69. The van der Waals surface area contributed by atoms with Gasteiger partial charge in [-0.15, -0.1) is 0 Å². The van der Waals surface area contributed by atoms with Crippen LogP contribution in [0.25, 0.3) is 0 Å². The molecule has 0 bridgehead atoms. The zero-order chi connectivity index (χ0) is 15.4. The van der Waals surface area contributed by atoms with Gasteiger partial charge in [-0.25, -0.2) is 0 Å². The second-order valence-corrected chi connectivity index (χ2v) is 6.75. The smallest absolute Gasteiger partial charge is 0.122 e. The van der Waals surface area contributed by atoms with Gasteiger partial charge in [0.1, 0.15) is 5.75 Å². The minimum atomic E-state index is 0.630. The zero-order valence-corrected chi connectivity index (χ0v) is 14.1. The Morgan fingerprint density at radius 1 is 1.19 bits per heavy atom. The van der Waals surface area contributed by atoms with Crippen molar-refractivity contribution in [3.8, 4) is 5.75 Å². The van der Waals surface area contributed by atoms with Gasteiger partial charge in [-0.1, -0.05) is 32.3 Å². The molecule has 1 aliphatic carbocycles. The van der Waals surface area contributed by atoms with Gasteiger partial charge in [0.15, 0.2) is 0 Å². The molecule has 3 atom stereocenters. The first-order valence-corrected chi connectivity index (χ1v) is 8.45. The van der Waals surface area contributed by atoms with Crippen molar-refractivity contribution < 1.29 is 4.74 Å². The topological polar surface area (TPSA) is 35.2 Å². The van der Waals surface area contributed by atoms with Crippen molar-refractivity contribution in [3.05, 3.63) is 28.8 Å². The number of hydrogen-bond donors (Lipinski definition) is 1. The highest BCUT2D eigenvalue weighted by Crippen LogP contribution is 2.43. The van der Waals surface area contributed by atoms with Crippen molar-refractivity contribution in [1.29, 1.82) is 0 Å². The number of nitrogens with two attached hydrogens (primary N) is 1. The molecule has 118 valence electrons. The van der Waals surface area contributed by atoms with Crippen LogP contribution in [0.5, 0.6) is 5.75 Å². The fourth-order valence-corrected chi connectivity index (χ4v) is 4.09. The first-order chi connectivity index (χ1) is 10.1. The normalized spacial score (nSPS) is 25.9. The molecular formula is C19H31NO. The van der Waals surface area contributed by atoms with Crippen molar-refractivity contribution in [3.63, 3.8) is 0 Å². The molecule has 0 aromatic heterocycles. The molecule has 2 nitrogen and oxygen atoms in total. The molecule has 0 aliphatic heterocycles. The molecule has 0 amide bonds. The predicted octanol–water partition coefficient (Wildman–Crippen LogP) is 4.57. The Bertz CT molecular complexity index is 469. The van der Waals surface area contributed by atoms with Gasteiger partial charge in [-0.2, -0.15) is 0 Å². The van der Waals surface area contributed by atoms with Crippen LogP contribution in [0.3, 0.4) is 0 Å². The van der Waals surface area contributed by atoms with Gasteiger partial charge in [-0.3, -0.25) is 0 Å². The Kier molecular flexibility index (Phi) is 5.69. The molecule has 1 aromatic rings. The standard InChI is InChI=1S/C19H31NO/c1-5-6-15-7-8-16(12-20)18(11-15)17-9-14(3)19(21-4)10-13(17)2/h9-10,15-16,18H,5-8,11-12,20H2,1-4H3. The minimum absolute atomic E-state index is 0.630. The van der Waals surface area contributed by atoms with E-state index in [0.29, 0.717) is 11.8 Å². The fraction of sp³-hybridized carbons (Fsp3) is 0.684. The van der Waals surface area contributed by atoms with Crippen LogP contribution in [0.2, 0.25) is 0 Å². The molecule has 2 rings (SSSR count). The van der Waals surface area contributed by atoms with Crippen LogP contribution in [0, 0.1) is 25.7 Å². The van der Waals surface area contributed by atoms with Gasteiger partial charge < -0.3 is 10.5 Å². The molecule has 2 heteroatoms. The fourth-order valence-electron chi connectivity index (χ4n) is 4.09. The summed E-state index contributed by atoms with van der Waals surface area (Å²) in [7, 11) is 1.75. The van der Waals surface area contributed by atoms with Crippen molar-refractivity contribution in [1.82, 2.24) is 0 Å². The Labute approximate surface area is 130 Å². The van der Waals surface area contributed by atoms with Gasteiger partial charge in [0.2, 0.25) is 0 Å². The Morgan fingerprint density at radius 3 is 2.57 bits per heavy atom. The first kappa shape index (κ1) is 16.4. The summed E-state index contributed by atoms with van der Waals surface area (Å²) in [6.07, 6.45) is 6.62. The van der Waals surface area contributed by atoms with E-state index < -0.39 is 0 Å². The summed E-state index contributed by atoms with van der Waals surface area (Å²) in [5, 5.41) is 0. The zero-order valence-electron chi connectivity index (χ0n) is 14.1. The molecule has 1 fully saturated rings. The van der Waals surface area contributed by atoms with E-state index >= 15 is 0 Å². The lowest BCUT2D eigenvalue weighted by Crippen LogP contribution is -2.29. The summed E-state index contributed by atoms with van der Waals surface area (Å²) in [5.41, 5.74) is 10.2. The maximum Gasteiger partial charge on any atom is 0.122 e. The highest BCUT2D eigenvalue weighted by molar-refractivity contribution is 5.43. The van der Waals surface area contributed by atoms with Crippen LogP contribution in [0.4, 0.5) is 0 Å². The Balaban J connectivity index is 2.29. The van der Waals surface area contributed by atoms with Crippen LogP contribution in [0.15, 0.2) is 12.1 Å². The van der Waals surface area contributed by atoms with E-state index in [1.165, 1.54) is 48.8 Å². The first-order valence-electron chi connectivity index (χ1n) is 8.45. The third-order valence-electron chi connectivity index (χ3n) is 5.28. The van der Waals surface area contributed by atoms with Crippen molar-refractivity contribution in [2.75, 3.05) is 13.7 Å². The van der Waals surface area contributed by atoms with Gasteiger partial charge in [0, 0.05) is 0 Å². The maximum atomic E-state index is 6.07. The van der Waals surface area contributed by atoms with E-state index in [9.17, 15) is 0 Å². The number of aryl methyl sites for hydroxylation is 2. The van der Waals surface area contributed by atoms with Crippen LogP contribution >= 0.6 is 0 Å². The largest absolute Gasteiger partial charge is 0.496 e. The quantitative estimate of drug-likeness (QED) is 0.861. The second-order valence-electron chi connectivity index (χ2n) is 6.75. The van der Waals surface area contributed by atoms with Gasteiger partial charge in [0.25, 0.3) is 0 Å². The molecular weight excluding hydrogens is 258 g/mol. The Morgan fingerprint density at radius 2 is 1.95 bits per heavy atom. The molecule has 2 N–H and O–H groups in total. The third kappa shape index (κ3) is 3.60. The Hall–Kier alpha value is -1.02. The summed E-state index contributed by atoms with van der Waals surface area (Å²) in [6.45, 7) is 7.47. The third-order valence-corrected chi connectivity index (χ3v) is 5.28. The molecule has 0 spiro atoms.